The highest BCUT2D eigenvalue weighted by Crippen LogP contribution is 2.10. The lowest BCUT2D eigenvalue weighted by Gasteiger charge is -2.22. The minimum atomic E-state index is -0.814. The number of rotatable bonds is 2. The second-order valence-corrected chi connectivity index (χ2v) is 3.57. The molecule has 0 bridgehead atoms. The summed E-state index contributed by atoms with van der Waals surface area (Å²) in [4.78, 5) is 23.7. The van der Waals surface area contributed by atoms with Crippen LogP contribution in [0.15, 0.2) is 0 Å². The van der Waals surface area contributed by atoms with E-state index in [-0.39, 0.29) is 18.0 Å². The highest BCUT2D eigenvalue weighted by Gasteiger charge is 2.27. The molecule has 80 valence electrons. The molecule has 6 nitrogen and oxygen atoms in total. The normalized spacial score (nSPS) is 24.6. The zero-order valence-electron chi connectivity index (χ0n) is 8.19. The average molecular weight is 200 g/mol. The maximum Gasteiger partial charge on any atom is 0.318 e. The number of amides is 3. The molecule has 1 aliphatic heterocycles. The van der Waals surface area contributed by atoms with E-state index in [1.54, 1.807) is 6.92 Å². The molecule has 1 saturated heterocycles. The number of nitrogens with zero attached hydrogens (tertiary/aromatic N) is 1. The Hall–Kier alpha value is -1.14. The smallest absolute Gasteiger partial charge is 0.318 e. The molecule has 3 amide bonds. The fourth-order valence-corrected chi connectivity index (χ4v) is 1.56. The molecular formula is C8H16N4O2. The fourth-order valence-electron chi connectivity index (χ4n) is 1.56. The van der Waals surface area contributed by atoms with E-state index in [2.05, 4.69) is 5.32 Å². The van der Waals surface area contributed by atoms with Gasteiger partial charge in [-0.25, -0.2) is 4.79 Å². The largest absolute Gasteiger partial charge is 0.351 e. The van der Waals surface area contributed by atoms with Gasteiger partial charge < -0.3 is 11.5 Å². The summed E-state index contributed by atoms with van der Waals surface area (Å²) in [5, 5.41) is 2.05. The molecular weight excluding hydrogens is 184 g/mol. The van der Waals surface area contributed by atoms with E-state index in [1.165, 1.54) is 0 Å². The van der Waals surface area contributed by atoms with Crippen molar-refractivity contribution in [1.29, 1.82) is 0 Å². The van der Waals surface area contributed by atoms with E-state index in [9.17, 15) is 9.59 Å². The van der Waals surface area contributed by atoms with Crippen molar-refractivity contribution in [2.24, 2.45) is 11.5 Å². The average Bonchev–Trinajstić information content (AvgIpc) is 2.49. The predicted octanol–water partition coefficient (Wildman–Crippen LogP) is -1.40. The molecule has 1 unspecified atom stereocenters. The Labute approximate surface area is 82.6 Å². The molecule has 0 aromatic carbocycles. The zero-order chi connectivity index (χ0) is 10.7. The number of urea groups is 1. The summed E-state index contributed by atoms with van der Waals surface area (Å²) in [6.07, 6.45) is 0.883. The van der Waals surface area contributed by atoms with E-state index in [0.29, 0.717) is 6.54 Å². The molecule has 0 radical (unpaired) electrons. The van der Waals surface area contributed by atoms with Crippen LogP contribution in [-0.4, -0.2) is 42.0 Å². The lowest BCUT2D eigenvalue weighted by atomic mass is 10.3. The van der Waals surface area contributed by atoms with Gasteiger partial charge in [0.25, 0.3) is 0 Å². The number of nitrogens with two attached hydrogens (primary N) is 2. The Bertz CT molecular complexity index is 243. The Morgan fingerprint density at radius 2 is 2.21 bits per heavy atom. The molecule has 1 heterocycles. The molecule has 1 rings (SSSR count). The molecule has 1 aliphatic rings. The minimum absolute atomic E-state index is 0.124. The first kappa shape index (κ1) is 10.9. The van der Waals surface area contributed by atoms with Crippen LogP contribution in [0.4, 0.5) is 4.79 Å². The van der Waals surface area contributed by atoms with E-state index in [0.717, 1.165) is 13.0 Å². The van der Waals surface area contributed by atoms with Crippen molar-refractivity contribution in [2.45, 2.75) is 25.4 Å². The third-order valence-electron chi connectivity index (χ3n) is 2.43. The number of carbonyl (C=O) groups is 2. The van der Waals surface area contributed by atoms with Gasteiger partial charge in [0, 0.05) is 19.1 Å². The fraction of sp³-hybridized carbons (Fsp3) is 0.750. The lowest BCUT2D eigenvalue weighted by Crippen LogP contribution is -2.48. The number of imide groups is 1. The molecule has 14 heavy (non-hydrogen) atoms. The van der Waals surface area contributed by atoms with Crippen LogP contribution in [0.25, 0.3) is 0 Å². The second kappa shape index (κ2) is 4.39. The Kier molecular flexibility index (Phi) is 3.43. The van der Waals surface area contributed by atoms with Crippen LogP contribution in [-0.2, 0) is 4.79 Å². The molecule has 0 aliphatic carbocycles. The van der Waals surface area contributed by atoms with Crippen molar-refractivity contribution in [3.8, 4) is 0 Å². The third-order valence-corrected chi connectivity index (χ3v) is 2.43. The summed E-state index contributed by atoms with van der Waals surface area (Å²) in [6.45, 7) is 3.21. The molecule has 1 fully saturated rings. The Morgan fingerprint density at radius 1 is 1.57 bits per heavy atom. The SMILES string of the molecule is CC(C(=O)NC(N)=O)N1CC[C@H](N)C1. The van der Waals surface area contributed by atoms with Crippen molar-refractivity contribution in [3.05, 3.63) is 0 Å². The number of carbonyl (C=O) groups excluding carboxylic acids is 2. The van der Waals surface area contributed by atoms with Crippen molar-refractivity contribution in [3.63, 3.8) is 0 Å². The molecule has 0 saturated carbocycles. The molecule has 0 aromatic heterocycles. The molecule has 2 atom stereocenters. The number of hydrogen-bond donors (Lipinski definition) is 3. The van der Waals surface area contributed by atoms with Crippen LogP contribution in [0.3, 0.4) is 0 Å². The highest BCUT2D eigenvalue weighted by atomic mass is 16.2. The van der Waals surface area contributed by atoms with Gasteiger partial charge in [-0.15, -0.1) is 0 Å². The number of likely N-dealkylation sites (tertiary alicyclic amines) is 1. The second-order valence-electron chi connectivity index (χ2n) is 3.57. The summed E-state index contributed by atoms with van der Waals surface area (Å²) in [5.41, 5.74) is 10.5. The first-order valence-corrected chi connectivity index (χ1v) is 4.60. The van der Waals surface area contributed by atoms with Crippen LogP contribution >= 0.6 is 0 Å². The quantitative estimate of drug-likeness (QED) is 0.510. The standard InChI is InChI=1S/C8H16N4O2/c1-5(7(13)11-8(10)14)12-3-2-6(9)4-12/h5-6H,2-4,9H2,1H3,(H3,10,11,13,14)/t5?,6-/m0/s1. The van der Waals surface area contributed by atoms with E-state index in [4.69, 9.17) is 11.5 Å². The van der Waals surface area contributed by atoms with Crippen molar-refractivity contribution >= 4 is 11.9 Å². The maximum absolute atomic E-state index is 11.4. The van der Waals surface area contributed by atoms with Gasteiger partial charge in [0.15, 0.2) is 0 Å². The summed E-state index contributed by atoms with van der Waals surface area (Å²) >= 11 is 0. The van der Waals surface area contributed by atoms with Crippen LogP contribution in [0, 0.1) is 0 Å². The first-order valence-electron chi connectivity index (χ1n) is 4.60. The lowest BCUT2D eigenvalue weighted by molar-refractivity contribution is -0.124. The molecule has 0 spiro atoms. The molecule has 0 aromatic rings. The zero-order valence-corrected chi connectivity index (χ0v) is 8.19. The van der Waals surface area contributed by atoms with Gasteiger partial charge in [-0.1, -0.05) is 0 Å². The highest BCUT2D eigenvalue weighted by molar-refractivity contribution is 5.96. The summed E-state index contributed by atoms with van der Waals surface area (Å²) < 4.78 is 0. The van der Waals surface area contributed by atoms with Gasteiger partial charge in [0.1, 0.15) is 0 Å². The van der Waals surface area contributed by atoms with E-state index < -0.39 is 6.03 Å². The van der Waals surface area contributed by atoms with Crippen molar-refractivity contribution < 1.29 is 9.59 Å². The van der Waals surface area contributed by atoms with Gasteiger partial charge in [-0.05, 0) is 13.3 Å². The van der Waals surface area contributed by atoms with Gasteiger partial charge in [-0.3, -0.25) is 15.0 Å². The van der Waals surface area contributed by atoms with Gasteiger partial charge in [0.2, 0.25) is 5.91 Å². The molecule has 6 heteroatoms. The van der Waals surface area contributed by atoms with Crippen molar-refractivity contribution in [1.82, 2.24) is 10.2 Å². The topological polar surface area (TPSA) is 101 Å². The summed E-state index contributed by atoms with van der Waals surface area (Å²) in [6, 6.07) is -1.04. The summed E-state index contributed by atoms with van der Waals surface area (Å²) in [7, 11) is 0. The van der Waals surface area contributed by atoms with Gasteiger partial charge in [-0.2, -0.15) is 0 Å². The Morgan fingerprint density at radius 3 is 2.64 bits per heavy atom. The van der Waals surface area contributed by atoms with Gasteiger partial charge >= 0.3 is 6.03 Å². The van der Waals surface area contributed by atoms with Crippen LogP contribution in [0.2, 0.25) is 0 Å². The number of hydrogen-bond acceptors (Lipinski definition) is 4. The van der Waals surface area contributed by atoms with Crippen LogP contribution in [0.5, 0.6) is 0 Å². The Balaban J connectivity index is 2.44. The summed E-state index contributed by atoms with van der Waals surface area (Å²) in [5.74, 6) is -0.369. The number of nitrogens with one attached hydrogen (secondary N) is 1. The van der Waals surface area contributed by atoms with Gasteiger partial charge in [0.05, 0.1) is 6.04 Å². The van der Waals surface area contributed by atoms with Crippen LogP contribution in [0.1, 0.15) is 13.3 Å². The van der Waals surface area contributed by atoms with E-state index >= 15 is 0 Å². The third kappa shape index (κ3) is 2.68. The van der Waals surface area contributed by atoms with Crippen LogP contribution < -0.4 is 16.8 Å². The number of primary amides is 1. The first-order chi connectivity index (χ1) is 6.50. The van der Waals surface area contributed by atoms with E-state index in [1.807, 2.05) is 4.90 Å². The minimum Gasteiger partial charge on any atom is -0.351 e. The molecule has 5 N–H and O–H groups in total. The maximum atomic E-state index is 11.4. The van der Waals surface area contributed by atoms with Crippen molar-refractivity contribution in [2.75, 3.05) is 13.1 Å². The monoisotopic (exact) mass is 200 g/mol. The predicted molar refractivity (Wildman–Crippen MR) is 51.4 cm³/mol.